The first kappa shape index (κ1) is 19.0. The lowest BCUT2D eigenvalue weighted by Crippen LogP contribution is -2.49. The molecule has 2 aliphatic rings. The Labute approximate surface area is 146 Å². The molecule has 6 nitrogen and oxygen atoms in total. The molecule has 0 aromatic rings. The van der Waals surface area contributed by atoms with Crippen LogP contribution >= 0.6 is 0 Å². The highest BCUT2D eigenvalue weighted by Crippen LogP contribution is 2.18. The van der Waals surface area contributed by atoms with Gasteiger partial charge in [0.05, 0.1) is 0 Å². The second-order valence-electron chi connectivity index (χ2n) is 7.54. The average Bonchev–Trinajstić information content (AvgIpc) is 2.56. The van der Waals surface area contributed by atoms with E-state index in [9.17, 15) is 9.59 Å². The lowest BCUT2D eigenvalue weighted by atomic mass is 9.96. The number of nitrogens with zero attached hydrogens (tertiary/aromatic N) is 2. The molecule has 0 bridgehead atoms. The molecular weight excluding hydrogens is 304 g/mol. The molecule has 6 heteroatoms. The van der Waals surface area contributed by atoms with Gasteiger partial charge in [-0.05, 0) is 53.0 Å². The molecule has 1 atom stereocenters. The van der Waals surface area contributed by atoms with Crippen LogP contribution in [0.3, 0.4) is 0 Å². The maximum absolute atomic E-state index is 12.3. The van der Waals surface area contributed by atoms with E-state index in [4.69, 9.17) is 0 Å². The van der Waals surface area contributed by atoms with E-state index in [1.807, 2.05) is 18.7 Å². The smallest absolute Gasteiger partial charge is 0.317 e. The summed E-state index contributed by atoms with van der Waals surface area (Å²) in [4.78, 5) is 28.6. The van der Waals surface area contributed by atoms with E-state index >= 15 is 0 Å². The highest BCUT2D eigenvalue weighted by atomic mass is 16.2. The maximum Gasteiger partial charge on any atom is 0.317 e. The van der Waals surface area contributed by atoms with Gasteiger partial charge in [0, 0.05) is 44.2 Å². The molecule has 2 rings (SSSR count). The average molecular weight is 338 g/mol. The molecule has 0 saturated carbocycles. The SMILES string of the molecule is CC(C)NC(=O)N1CCC(C(=O)NCCN2CCCC[C@@H]2C)CC1. The van der Waals surface area contributed by atoms with Crippen molar-refractivity contribution in [3.63, 3.8) is 0 Å². The fourth-order valence-electron chi connectivity index (χ4n) is 3.64. The first-order valence-electron chi connectivity index (χ1n) is 9.54. The molecule has 2 aliphatic heterocycles. The molecule has 0 aromatic heterocycles. The number of likely N-dealkylation sites (tertiary alicyclic amines) is 2. The second kappa shape index (κ2) is 9.25. The summed E-state index contributed by atoms with van der Waals surface area (Å²) >= 11 is 0. The van der Waals surface area contributed by atoms with Gasteiger partial charge in [-0.25, -0.2) is 4.79 Å². The van der Waals surface area contributed by atoms with Crippen LogP contribution in [0.2, 0.25) is 0 Å². The molecule has 0 aliphatic carbocycles. The molecule has 2 heterocycles. The molecule has 0 radical (unpaired) electrons. The quantitative estimate of drug-likeness (QED) is 0.803. The van der Waals surface area contributed by atoms with Crippen LogP contribution in [-0.2, 0) is 4.79 Å². The monoisotopic (exact) mass is 338 g/mol. The third kappa shape index (κ3) is 5.65. The Morgan fingerprint density at radius 1 is 1.08 bits per heavy atom. The third-order valence-electron chi connectivity index (χ3n) is 5.20. The molecule has 24 heavy (non-hydrogen) atoms. The summed E-state index contributed by atoms with van der Waals surface area (Å²) in [5, 5.41) is 6.01. The van der Waals surface area contributed by atoms with Crippen molar-refractivity contribution >= 4 is 11.9 Å². The Morgan fingerprint density at radius 3 is 2.42 bits per heavy atom. The molecule has 2 fully saturated rings. The molecule has 138 valence electrons. The van der Waals surface area contributed by atoms with Gasteiger partial charge in [-0.3, -0.25) is 9.69 Å². The second-order valence-corrected chi connectivity index (χ2v) is 7.54. The Kier molecular flexibility index (Phi) is 7.34. The van der Waals surface area contributed by atoms with E-state index in [1.54, 1.807) is 0 Å². The van der Waals surface area contributed by atoms with Crippen LogP contribution in [0.15, 0.2) is 0 Å². The van der Waals surface area contributed by atoms with Gasteiger partial charge in [-0.15, -0.1) is 0 Å². The zero-order valence-electron chi connectivity index (χ0n) is 15.5. The van der Waals surface area contributed by atoms with Crippen molar-refractivity contribution < 1.29 is 9.59 Å². The number of hydrogen-bond donors (Lipinski definition) is 2. The zero-order valence-corrected chi connectivity index (χ0v) is 15.5. The summed E-state index contributed by atoms with van der Waals surface area (Å²) in [5.74, 6) is 0.204. The fraction of sp³-hybridized carbons (Fsp3) is 0.889. The van der Waals surface area contributed by atoms with Crippen molar-refractivity contribution in [2.24, 2.45) is 5.92 Å². The first-order chi connectivity index (χ1) is 11.5. The van der Waals surface area contributed by atoms with Gasteiger partial charge in [-0.2, -0.15) is 0 Å². The largest absolute Gasteiger partial charge is 0.355 e. The van der Waals surface area contributed by atoms with Crippen LogP contribution in [0, 0.1) is 5.92 Å². The maximum atomic E-state index is 12.3. The Balaban J connectivity index is 1.64. The minimum atomic E-state index is -0.0112. The normalized spacial score (nSPS) is 23.3. The van der Waals surface area contributed by atoms with E-state index < -0.39 is 0 Å². The molecule has 0 aromatic carbocycles. The van der Waals surface area contributed by atoms with Crippen LogP contribution in [0.1, 0.15) is 52.9 Å². The lowest BCUT2D eigenvalue weighted by Gasteiger charge is -2.34. The van der Waals surface area contributed by atoms with Crippen molar-refractivity contribution in [3.05, 3.63) is 0 Å². The number of carbonyl (C=O) groups is 2. The summed E-state index contributed by atoms with van der Waals surface area (Å²) in [6.07, 6.45) is 5.39. The van der Waals surface area contributed by atoms with Gasteiger partial charge >= 0.3 is 6.03 Å². The molecule has 0 spiro atoms. The van der Waals surface area contributed by atoms with Crippen LogP contribution in [0.25, 0.3) is 0 Å². The molecular formula is C18H34N4O2. The van der Waals surface area contributed by atoms with Crippen molar-refractivity contribution in [1.82, 2.24) is 20.4 Å². The van der Waals surface area contributed by atoms with Crippen molar-refractivity contribution in [1.29, 1.82) is 0 Å². The van der Waals surface area contributed by atoms with E-state index in [2.05, 4.69) is 22.5 Å². The van der Waals surface area contributed by atoms with Crippen LogP contribution in [-0.4, -0.2) is 66.5 Å². The van der Waals surface area contributed by atoms with Gasteiger partial charge < -0.3 is 15.5 Å². The minimum absolute atomic E-state index is 0.0112. The number of carbonyl (C=O) groups excluding carboxylic acids is 2. The predicted octanol–water partition coefficient (Wildman–Crippen LogP) is 1.81. The van der Waals surface area contributed by atoms with Crippen LogP contribution in [0.4, 0.5) is 4.79 Å². The first-order valence-corrected chi connectivity index (χ1v) is 9.54. The summed E-state index contributed by atoms with van der Waals surface area (Å²) in [6, 6.07) is 0.775. The summed E-state index contributed by atoms with van der Waals surface area (Å²) in [5.41, 5.74) is 0. The van der Waals surface area contributed by atoms with E-state index in [0.29, 0.717) is 19.1 Å². The van der Waals surface area contributed by atoms with E-state index in [-0.39, 0.29) is 23.9 Å². The van der Waals surface area contributed by atoms with Crippen LogP contribution < -0.4 is 10.6 Å². The third-order valence-corrected chi connectivity index (χ3v) is 5.20. The highest BCUT2D eigenvalue weighted by molar-refractivity contribution is 5.79. The van der Waals surface area contributed by atoms with Crippen LogP contribution in [0.5, 0.6) is 0 Å². The number of nitrogens with one attached hydrogen (secondary N) is 2. The zero-order chi connectivity index (χ0) is 17.5. The van der Waals surface area contributed by atoms with E-state index in [0.717, 1.165) is 32.5 Å². The highest BCUT2D eigenvalue weighted by Gasteiger charge is 2.27. The predicted molar refractivity (Wildman–Crippen MR) is 95.9 cm³/mol. The van der Waals surface area contributed by atoms with E-state index in [1.165, 1.54) is 19.3 Å². The van der Waals surface area contributed by atoms with Gasteiger partial charge in [-0.1, -0.05) is 6.42 Å². The lowest BCUT2D eigenvalue weighted by molar-refractivity contribution is -0.126. The molecule has 0 unspecified atom stereocenters. The molecule has 3 amide bonds. The van der Waals surface area contributed by atoms with Gasteiger partial charge in [0.25, 0.3) is 0 Å². The van der Waals surface area contributed by atoms with Gasteiger partial charge in [0.15, 0.2) is 0 Å². The van der Waals surface area contributed by atoms with Gasteiger partial charge in [0.2, 0.25) is 5.91 Å². The number of amides is 3. The Morgan fingerprint density at radius 2 is 1.79 bits per heavy atom. The summed E-state index contributed by atoms with van der Waals surface area (Å²) in [7, 11) is 0. The minimum Gasteiger partial charge on any atom is -0.355 e. The topological polar surface area (TPSA) is 64.7 Å². The number of hydrogen-bond acceptors (Lipinski definition) is 3. The standard InChI is InChI=1S/C18H34N4O2/c1-14(2)20-18(24)22-11-7-16(8-12-22)17(23)19-9-13-21-10-5-4-6-15(21)3/h14-16H,4-13H2,1-3H3,(H,19,23)(H,20,24)/t15-/m0/s1. The Bertz CT molecular complexity index is 419. The Hall–Kier alpha value is -1.30. The number of urea groups is 1. The van der Waals surface area contributed by atoms with Crippen molar-refractivity contribution in [3.8, 4) is 0 Å². The summed E-state index contributed by atoms with van der Waals surface area (Å²) in [6.45, 7) is 10.4. The summed E-state index contributed by atoms with van der Waals surface area (Å²) < 4.78 is 0. The van der Waals surface area contributed by atoms with Crippen molar-refractivity contribution in [2.45, 2.75) is 65.0 Å². The van der Waals surface area contributed by atoms with Crippen molar-refractivity contribution in [2.75, 3.05) is 32.7 Å². The molecule has 2 N–H and O–H groups in total. The molecule has 2 saturated heterocycles. The van der Waals surface area contributed by atoms with Gasteiger partial charge in [0.1, 0.15) is 0 Å². The number of rotatable bonds is 5. The fourth-order valence-corrected chi connectivity index (χ4v) is 3.64. The number of piperidine rings is 2.